The Balaban J connectivity index is 1.51. The molecule has 0 N–H and O–H groups in total. The highest BCUT2D eigenvalue weighted by Gasteiger charge is 2.26. The predicted molar refractivity (Wildman–Crippen MR) is 88.7 cm³/mol. The Kier molecular flexibility index (Phi) is 3.80. The predicted octanol–water partition coefficient (Wildman–Crippen LogP) is 2.42. The van der Waals surface area contributed by atoms with Crippen LogP contribution in [0.4, 0.5) is 0 Å². The van der Waals surface area contributed by atoms with Gasteiger partial charge in [-0.1, -0.05) is 5.16 Å². The number of fused-ring (bicyclic) bond motifs is 1. The molecule has 1 aliphatic rings. The number of hydrogen-bond donors (Lipinski definition) is 0. The smallest absolute Gasteiger partial charge is 0.234 e. The van der Waals surface area contributed by atoms with Gasteiger partial charge < -0.3 is 4.52 Å². The van der Waals surface area contributed by atoms with Crippen molar-refractivity contribution in [1.82, 2.24) is 29.4 Å². The number of likely N-dealkylation sites (tertiary alicyclic amines) is 1. The van der Waals surface area contributed by atoms with Crippen LogP contribution in [0.1, 0.15) is 47.6 Å². The van der Waals surface area contributed by atoms with Gasteiger partial charge in [0.2, 0.25) is 11.7 Å². The molecule has 0 saturated carbocycles. The third kappa shape index (κ3) is 2.91. The van der Waals surface area contributed by atoms with E-state index in [0.717, 1.165) is 61.2 Å². The number of piperidine rings is 1. The molecule has 1 unspecified atom stereocenters. The van der Waals surface area contributed by atoms with Crippen molar-refractivity contribution in [1.29, 1.82) is 0 Å². The summed E-state index contributed by atoms with van der Waals surface area (Å²) in [5.74, 6) is 2.57. The van der Waals surface area contributed by atoms with E-state index in [4.69, 9.17) is 4.52 Å². The first-order valence-corrected chi connectivity index (χ1v) is 8.43. The zero-order valence-electron chi connectivity index (χ0n) is 14.4. The third-order valence-corrected chi connectivity index (χ3v) is 4.59. The normalized spacial score (nSPS) is 19.2. The van der Waals surface area contributed by atoms with Gasteiger partial charge in [0.15, 0.2) is 5.82 Å². The zero-order chi connectivity index (χ0) is 16.7. The molecule has 0 bridgehead atoms. The molecule has 3 aromatic rings. The van der Waals surface area contributed by atoms with Gasteiger partial charge in [0.1, 0.15) is 0 Å². The van der Waals surface area contributed by atoms with E-state index in [9.17, 15) is 0 Å². The molecule has 4 rings (SSSR count). The van der Waals surface area contributed by atoms with Crippen LogP contribution in [-0.2, 0) is 6.54 Å². The average Bonchev–Trinajstić information content (AvgIpc) is 3.14. The maximum atomic E-state index is 5.36. The first kappa shape index (κ1) is 15.3. The average molecular weight is 326 g/mol. The molecule has 1 fully saturated rings. The highest BCUT2D eigenvalue weighted by Crippen LogP contribution is 2.26. The van der Waals surface area contributed by atoms with Gasteiger partial charge in [0, 0.05) is 30.7 Å². The van der Waals surface area contributed by atoms with Gasteiger partial charge in [0.25, 0.3) is 0 Å². The molecule has 4 heterocycles. The number of imidazole rings is 1. The minimum Gasteiger partial charge on any atom is -0.339 e. The van der Waals surface area contributed by atoms with E-state index in [1.807, 2.05) is 13.8 Å². The van der Waals surface area contributed by atoms with Crippen LogP contribution in [0.15, 0.2) is 16.8 Å². The molecule has 0 aromatic carbocycles. The molecular formula is C17H22N6O. The largest absolute Gasteiger partial charge is 0.339 e. The number of nitrogens with zero attached hydrogens (tertiary/aromatic N) is 6. The molecule has 3 aromatic heterocycles. The third-order valence-electron chi connectivity index (χ3n) is 4.59. The van der Waals surface area contributed by atoms with Gasteiger partial charge in [-0.3, -0.25) is 9.30 Å². The van der Waals surface area contributed by atoms with Crippen LogP contribution < -0.4 is 0 Å². The van der Waals surface area contributed by atoms with Crippen LogP contribution in [0.3, 0.4) is 0 Å². The van der Waals surface area contributed by atoms with E-state index in [-0.39, 0.29) is 0 Å². The minimum atomic E-state index is 0.319. The van der Waals surface area contributed by atoms with Crippen LogP contribution >= 0.6 is 0 Å². The van der Waals surface area contributed by atoms with E-state index in [2.05, 4.69) is 48.6 Å². The number of hydrogen-bond acceptors (Lipinski definition) is 6. The van der Waals surface area contributed by atoms with E-state index in [1.54, 1.807) is 0 Å². The monoisotopic (exact) mass is 326 g/mol. The molecule has 0 radical (unpaired) electrons. The standard InChI is InChI=1S/C17H22N6O/c1-11-7-12(2)23-10-15(20-17(23)18-11)9-22-6-4-5-14(8-22)16-19-13(3)21-24-16/h7,10,14H,4-6,8-9H2,1-3H3. The Morgan fingerprint density at radius 2 is 2.08 bits per heavy atom. The second-order valence-electron chi connectivity index (χ2n) is 6.70. The van der Waals surface area contributed by atoms with E-state index >= 15 is 0 Å². The summed E-state index contributed by atoms with van der Waals surface area (Å²) in [4.78, 5) is 16.0. The van der Waals surface area contributed by atoms with Gasteiger partial charge in [0.05, 0.1) is 11.6 Å². The van der Waals surface area contributed by atoms with Crippen molar-refractivity contribution in [2.24, 2.45) is 0 Å². The summed E-state index contributed by atoms with van der Waals surface area (Å²) < 4.78 is 7.42. The molecule has 1 aliphatic heterocycles. The number of aromatic nitrogens is 5. The highest BCUT2D eigenvalue weighted by molar-refractivity contribution is 5.34. The fraction of sp³-hybridized carbons (Fsp3) is 0.529. The second kappa shape index (κ2) is 5.98. The zero-order valence-corrected chi connectivity index (χ0v) is 14.4. The maximum Gasteiger partial charge on any atom is 0.234 e. The van der Waals surface area contributed by atoms with Crippen LogP contribution in [0.2, 0.25) is 0 Å². The van der Waals surface area contributed by atoms with Gasteiger partial charge in [-0.2, -0.15) is 4.98 Å². The lowest BCUT2D eigenvalue weighted by molar-refractivity contribution is 0.179. The molecule has 7 nitrogen and oxygen atoms in total. The quantitative estimate of drug-likeness (QED) is 0.736. The van der Waals surface area contributed by atoms with Crippen LogP contribution in [0, 0.1) is 20.8 Å². The summed E-state index contributed by atoms with van der Waals surface area (Å²) in [6.45, 7) is 8.78. The second-order valence-corrected chi connectivity index (χ2v) is 6.70. The molecule has 0 amide bonds. The molecule has 1 atom stereocenters. The molecule has 0 aliphatic carbocycles. The van der Waals surface area contributed by atoms with Crippen LogP contribution in [-0.4, -0.2) is 42.5 Å². The summed E-state index contributed by atoms with van der Waals surface area (Å²) >= 11 is 0. The first-order valence-electron chi connectivity index (χ1n) is 8.43. The summed E-state index contributed by atoms with van der Waals surface area (Å²) in [6.07, 6.45) is 4.33. The SMILES string of the molecule is Cc1cc(C)n2cc(CN3CCCC(c4nc(C)no4)C3)nc2n1. The highest BCUT2D eigenvalue weighted by atomic mass is 16.5. The van der Waals surface area contributed by atoms with Gasteiger partial charge >= 0.3 is 0 Å². The molecule has 0 spiro atoms. The van der Waals surface area contributed by atoms with Crippen molar-refractivity contribution in [3.05, 3.63) is 41.1 Å². The minimum absolute atomic E-state index is 0.319. The number of rotatable bonds is 3. The first-order chi connectivity index (χ1) is 11.6. The Hall–Kier alpha value is -2.28. The fourth-order valence-electron chi connectivity index (χ4n) is 3.50. The van der Waals surface area contributed by atoms with Crippen LogP contribution in [0.5, 0.6) is 0 Å². The summed E-state index contributed by atoms with van der Waals surface area (Å²) in [5.41, 5.74) is 3.22. The lowest BCUT2D eigenvalue weighted by Gasteiger charge is -2.30. The van der Waals surface area contributed by atoms with Crippen molar-refractivity contribution < 1.29 is 4.52 Å². The molecule has 7 heteroatoms. The van der Waals surface area contributed by atoms with Gasteiger partial charge in [-0.25, -0.2) is 9.97 Å². The van der Waals surface area contributed by atoms with E-state index in [1.165, 1.54) is 0 Å². The summed E-state index contributed by atoms with van der Waals surface area (Å²) in [7, 11) is 0. The number of aryl methyl sites for hydroxylation is 3. The topological polar surface area (TPSA) is 72.3 Å². The van der Waals surface area contributed by atoms with Crippen molar-refractivity contribution in [2.75, 3.05) is 13.1 Å². The molecular weight excluding hydrogens is 304 g/mol. The van der Waals surface area contributed by atoms with Crippen molar-refractivity contribution >= 4 is 5.78 Å². The van der Waals surface area contributed by atoms with Gasteiger partial charge in [-0.05, 0) is 46.2 Å². The molecule has 126 valence electrons. The van der Waals surface area contributed by atoms with Crippen LogP contribution in [0.25, 0.3) is 5.78 Å². The molecule has 24 heavy (non-hydrogen) atoms. The van der Waals surface area contributed by atoms with Crippen molar-refractivity contribution in [3.63, 3.8) is 0 Å². The van der Waals surface area contributed by atoms with E-state index < -0.39 is 0 Å². The lowest BCUT2D eigenvalue weighted by atomic mass is 9.98. The Morgan fingerprint density at radius 1 is 1.21 bits per heavy atom. The fourth-order valence-corrected chi connectivity index (χ4v) is 3.50. The van der Waals surface area contributed by atoms with Crippen molar-refractivity contribution in [2.45, 2.75) is 46.1 Å². The van der Waals surface area contributed by atoms with E-state index in [0.29, 0.717) is 11.7 Å². The Morgan fingerprint density at radius 3 is 2.88 bits per heavy atom. The Labute approximate surface area is 140 Å². The summed E-state index contributed by atoms with van der Waals surface area (Å²) in [6, 6.07) is 2.08. The van der Waals surface area contributed by atoms with Crippen molar-refractivity contribution in [3.8, 4) is 0 Å². The lowest BCUT2D eigenvalue weighted by Crippen LogP contribution is -2.34. The summed E-state index contributed by atoms with van der Waals surface area (Å²) in [5, 5.41) is 3.92. The van der Waals surface area contributed by atoms with Gasteiger partial charge in [-0.15, -0.1) is 0 Å². The maximum absolute atomic E-state index is 5.36. The Bertz CT molecular complexity index is 867. The molecule has 1 saturated heterocycles.